The highest BCUT2D eigenvalue weighted by Gasteiger charge is 2.19. The van der Waals surface area contributed by atoms with Crippen LogP contribution in [0.1, 0.15) is 82.5 Å². The Morgan fingerprint density at radius 3 is 2.21 bits per heavy atom. The van der Waals surface area contributed by atoms with Gasteiger partial charge in [-0.3, -0.25) is 4.79 Å². The first-order valence-electron chi connectivity index (χ1n) is 13.5. The van der Waals surface area contributed by atoms with Crippen LogP contribution in [0.3, 0.4) is 0 Å². The molecule has 0 atom stereocenters. The summed E-state index contributed by atoms with van der Waals surface area (Å²) in [5.74, 6) is 0.289. The number of nitrogens with zero attached hydrogens (tertiary/aromatic N) is 1. The molecule has 1 heterocycles. The van der Waals surface area contributed by atoms with Gasteiger partial charge in [0, 0.05) is 13.0 Å². The number of carbonyl (C=O) groups excluding carboxylic acids is 1. The summed E-state index contributed by atoms with van der Waals surface area (Å²) in [6.07, 6.45) is 12.6. The molecule has 0 fully saturated rings. The Hall–Kier alpha value is -3.13. The van der Waals surface area contributed by atoms with E-state index >= 15 is 0 Å². The van der Waals surface area contributed by atoms with E-state index in [0.29, 0.717) is 18.7 Å². The van der Waals surface area contributed by atoms with Crippen molar-refractivity contribution in [2.24, 2.45) is 0 Å². The number of benzene rings is 2. The number of hydrogen-bond acceptors (Lipinski definition) is 5. The van der Waals surface area contributed by atoms with Crippen LogP contribution in [0.25, 0.3) is 0 Å². The summed E-state index contributed by atoms with van der Waals surface area (Å²) in [5.41, 5.74) is 0.726. The predicted molar refractivity (Wildman–Crippen MR) is 145 cm³/mol. The third-order valence-corrected chi connectivity index (χ3v) is 7.62. The molecule has 0 aliphatic heterocycles. The molecule has 206 valence electrons. The molecule has 6 nitrogen and oxygen atoms in total. The molecule has 0 bridgehead atoms. The minimum Gasteiger partial charge on any atom is -0.467 e. The minimum atomic E-state index is -4.12. The second-order valence-corrected chi connectivity index (χ2v) is 11.1. The fourth-order valence-electron chi connectivity index (χ4n) is 4.26. The average molecular weight is 544 g/mol. The molecule has 0 aliphatic rings. The monoisotopic (exact) mass is 543 g/mol. The zero-order valence-corrected chi connectivity index (χ0v) is 22.9. The van der Waals surface area contributed by atoms with Crippen LogP contribution in [0.2, 0.25) is 0 Å². The number of carbonyl (C=O) groups is 1. The van der Waals surface area contributed by atoms with Crippen LogP contribution in [-0.4, -0.2) is 19.2 Å². The average Bonchev–Trinajstić information content (AvgIpc) is 3.41. The van der Waals surface area contributed by atoms with Crippen molar-refractivity contribution in [3.8, 4) is 5.75 Å². The van der Waals surface area contributed by atoms with Crippen LogP contribution in [-0.2, 0) is 28.0 Å². The third-order valence-electron chi connectivity index (χ3n) is 6.35. The summed E-state index contributed by atoms with van der Waals surface area (Å²) < 4.78 is 49.1. The summed E-state index contributed by atoms with van der Waals surface area (Å²) in [7, 11) is -4.12. The largest absolute Gasteiger partial charge is 0.467 e. The first-order valence-corrected chi connectivity index (χ1v) is 14.9. The third kappa shape index (κ3) is 9.97. The normalized spacial score (nSPS) is 11.4. The molecular formula is C30H38FNO5S. The Morgan fingerprint density at radius 2 is 1.55 bits per heavy atom. The molecule has 2 aromatic carbocycles. The molecule has 38 heavy (non-hydrogen) atoms. The molecule has 0 N–H and O–H groups in total. The second-order valence-electron chi connectivity index (χ2n) is 9.55. The quantitative estimate of drug-likeness (QED) is 0.129. The molecule has 0 saturated heterocycles. The van der Waals surface area contributed by atoms with Crippen molar-refractivity contribution in [3.63, 3.8) is 0 Å². The Bertz CT molecular complexity index is 1210. The smallest absolute Gasteiger partial charge is 0.339 e. The summed E-state index contributed by atoms with van der Waals surface area (Å²) in [6, 6.07) is 14.7. The van der Waals surface area contributed by atoms with Crippen LogP contribution >= 0.6 is 0 Å². The summed E-state index contributed by atoms with van der Waals surface area (Å²) in [5, 5.41) is 0. The topological polar surface area (TPSA) is 76.8 Å². The van der Waals surface area contributed by atoms with Crippen molar-refractivity contribution >= 4 is 16.0 Å². The molecule has 3 rings (SSSR count). The molecule has 0 radical (unpaired) electrons. The SMILES string of the molecule is CCCCCCCCCCCC(=O)N(Cc1cccc(OS(=O)(=O)c2ccc(F)cc2)c1)Cc1ccco1. The number of furan rings is 1. The summed E-state index contributed by atoms with van der Waals surface area (Å²) in [4.78, 5) is 14.7. The van der Waals surface area contributed by atoms with Gasteiger partial charge >= 0.3 is 10.1 Å². The molecule has 0 saturated carbocycles. The van der Waals surface area contributed by atoms with Crippen LogP contribution < -0.4 is 4.18 Å². The molecule has 8 heteroatoms. The van der Waals surface area contributed by atoms with Crippen molar-refractivity contribution in [3.05, 3.63) is 84.1 Å². The molecule has 0 unspecified atom stereocenters. The van der Waals surface area contributed by atoms with Gasteiger partial charge in [-0.05, 0) is 60.5 Å². The van der Waals surface area contributed by atoms with Gasteiger partial charge in [0.05, 0.1) is 12.8 Å². The van der Waals surface area contributed by atoms with Gasteiger partial charge in [-0.25, -0.2) is 4.39 Å². The molecular weight excluding hydrogens is 505 g/mol. The first-order chi connectivity index (χ1) is 18.4. The second kappa shape index (κ2) is 15.3. The van der Waals surface area contributed by atoms with Crippen molar-refractivity contribution in [1.29, 1.82) is 0 Å². The van der Waals surface area contributed by atoms with E-state index in [4.69, 9.17) is 8.60 Å². The van der Waals surface area contributed by atoms with Crippen molar-refractivity contribution in [1.82, 2.24) is 4.90 Å². The van der Waals surface area contributed by atoms with Gasteiger partial charge in [0.1, 0.15) is 22.2 Å². The van der Waals surface area contributed by atoms with E-state index in [1.54, 1.807) is 29.4 Å². The fraction of sp³-hybridized carbons (Fsp3) is 0.433. The lowest BCUT2D eigenvalue weighted by Crippen LogP contribution is -2.29. The van der Waals surface area contributed by atoms with E-state index in [2.05, 4.69) is 6.92 Å². The van der Waals surface area contributed by atoms with E-state index in [1.165, 1.54) is 44.6 Å². The standard InChI is InChI=1S/C30H38FNO5S/c1-2-3-4-5-6-7-8-9-10-16-30(33)32(24-28-15-12-21-36-28)23-25-13-11-14-27(22-25)37-38(34,35)29-19-17-26(31)18-20-29/h11-15,17-22H,2-10,16,23-24H2,1H3. The molecule has 1 amide bonds. The lowest BCUT2D eigenvalue weighted by Gasteiger charge is -2.22. The van der Waals surface area contributed by atoms with Crippen molar-refractivity contribution < 1.29 is 26.2 Å². The van der Waals surface area contributed by atoms with Crippen LogP contribution in [0.5, 0.6) is 5.75 Å². The van der Waals surface area contributed by atoms with Gasteiger partial charge < -0.3 is 13.5 Å². The number of unbranched alkanes of at least 4 members (excludes halogenated alkanes) is 8. The lowest BCUT2D eigenvalue weighted by atomic mass is 10.1. The summed E-state index contributed by atoms with van der Waals surface area (Å²) in [6.45, 7) is 2.82. The maximum atomic E-state index is 13.2. The van der Waals surface area contributed by atoms with Gasteiger partial charge in [-0.1, -0.05) is 70.4 Å². The fourth-order valence-corrected chi connectivity index (χ4v) is 5.18. The van der Waals surface area contributed by atoms with E-state index in [1.807, 2.05) is 12.1 Å². The molecule has 3 aromatic rings. The van der Waals surface area contributed by atoms with E-state index < -0.39 is 15.9 Å². The number of hydrogen-bond donors (Lipinski definition) is 0. The van der Waals surface area contributed by atoms with Gasteiger partial charge in [-0.2, -0.15) is 8.42 Å². The van der Waals surface area contributed by atoms with Gasteiger partial charge in [0.15, 0.2) is 0 Å². The first kappa shape index (κ1) is 29.4. The molecule has 1 aromatic heterocycles. The number of halogens is 1. The van der Waals surface area contributed by atoms with Gasteiger partial charge in [-0.15, -0.1) is 0 Å². The maximum Gasteiger partial charge on any atom is 0.339 e. The summed E-state index contributed by atoms with van der Waals surface area (Å²) >= 11 is 0. The van der Waals surface area contributed by atoms with E-state index in [9.17, 15) is 17.6 Å². The van der Waals surface area contributed by atoms with Crippen molar-refractivity contribution in [2.45, 2.75) is 89.1 Å². The van der Waals surface area contributed by atoms with Crippen LogP contribution in [0, 0.1) is 5.82 Å². The highest BCUT2D eigenvalue weighted by atomic mass is 32.2. The predicted octanol–water partition coefficient (Wildman–Crippen LogP) is 7.64. The Balaban J connectivity index is 1.57. The number of amides is 1. The zero-order valence-electron chi connectivity index (χ0n) is 22.1. The van der Waals surface area contributed by atoms with Gasteiger partial charge in [0.2, 0.25) is 5.91 Å². The maximum absolute atomic E-state index is 13.2. The van der Waals surface area contributed by atoms with E-state index in [0.717, 1.165) is 49.1 Å². The lowest BCUT2D eigenvalue weighted by molar-refractivity contribution is -0.132. The highest BCUT2D eigenvalue weighted by Crippen LogP contribution is 2.22. The zero-order chi connectivity index (χ0) is 27.2. The Morgan fingerprint density at radius 1 is 0.868 bits per heavy atom. The Kier molecular flexibility index (Phi) is 11.9. The number of rotatable bonds is 17. The minimum absolute atomic E-state index is 0.0228. The molecule has 0 spiro atoms. The van der Waals surface area contributed by atoms with Crippen LogP contribution in [0.4, 0.5) is 4.39 Å². The van der Waals surface area contributed by atoms with E-state index in [-0.39, 0.29) is 23.1 Å². The highest BCUT2D eigenvalue weighted by molar-refractivity contribution is 7.87. The van der Waals surface area contributed by atoms with Crippen LogP contribution in [0.15, 0.2) is 76.2 Å². The van der Waals surface area contributed by atoms with Crippen molar-refractivity contribution in [2.75, 3.05) is 0 Å². The van der Waals surface area contributed by atoms with Gasteiger partial charge in [0.25, 0.3) is 0 Å². The molecule has 0 aliphatic carbocycles. The Labute approximate surface area is 225 Å².